The number of esters is 1. The molecule has 0 aliphatic heterocycles. The molecule has 0 bridgehead atoms. The first-order valence-corrected chi connectivity index (χ1v) is 7.84. The molecule has 0 fully saturated rings. The Labute approximate surface area is 147 Å². The van der Waals surface area contributed by atoms with E-state index in [9.17, 15) is 18.0 Å². The van der Waals surface area contributed by atoms with Crippen molar-refractivity contribution in [2.75, 3.05) is 6.61 Å². The first kappa shape index (κ1) is 17.8. The molecular weight excluding hydrogens is 349 g/mol. The van der Waals surface area contributed by atoms with Gasteiger partial charge in [-0.15, -0.1) is 0 Å². The van der Waals surface area contributed by atoms with E-state index in [4.69, 9.17) is 9.47 Å². The lowest BCUT2D eigenvalue weighted by Crippen LogP contribution is -2.09. The highest BCUT2D eigenvalue weighted by Gasteiger charge is 2.20. The number of carbonyl (C=O) groups is 1. The number of aryl methyl sites for hydroxylation is 1. The minimum atomic E-state index is -1.30. The Kier molecular flexibility index (Phi) is 4.83. The van der Waals surface area contributed by atoms with E-state index in [0.29, 0.717) is 11.8 Å². The van der Waals surface area contributed by atoms with E-state index < -0.39 is 35.6 Å². The van der Waals surface area contributed by atoms with E-state index in [0.717, 1.165) is 6.07 Å². The molecule has 0 aliphatic rings. The monoisotopic (exact) mass is 364 g/mol. The smallest absolute Gasteiger partial charge is 0.357 e. The van der Waals surface area contributed by atoms with E-state index in [1.807, 2.05) is 0 Å². The molecule has 2 heterocycles. The van der Waals surface area contributed by atoms with Crippen LogP contribution in [0.2, 0.25) is 0 Å². The largest absolute Gasteiger partial charge is 0.485 e. The van der Waals surface area contributed by atoms with Gasteiger partial charge in [0, 0.05) is 6.20 Å². The highest BCUT2D eigenvalue weighted by Crippen LogP contribution is 2.25. The molecule has 0 unspecified atom stereocenters. The van der Waals surface area contributed by atoms with Crippen molar-refractivity contribution in [3.63, 3.8) is 0 Å². The predicted octanol–water partition coefficient (Wildman–Crippen LogP) is 3.82. The van der Waals surface area contributed by atoms with Crippen LogP contribution in [0.4, 0.5) is 13.2 Å². The molecule has 26 heavy (non-hydrogen) atoms. The van der Waals surface area contributed by atoms with Crippen molar-refractivity contribution in [2.24, 2.45) is 0 Å². The van der Waals surface area contributed by atoms with Gasteiger partial charge in [-0.2, -0.15) is 0 Å². The van der Waals surface area contributed by atoms with Gasteiger partial charge in [0.2, 0.25) is 0 Å². The molecule has 3 rings (SSSR count). The number of imidazole rings is 1. The molecule has 3 aromatic rings. The van der Waals surface area contributed by atoms with Crippen molar-refractivity contribution in [2.45, 2.75) is 20.5 Å². The van der Waals surface area contributed by atoms with Crippen LogP contribution < -0.4 is 4.74 Å². The van der Waals surface area contributed by atoms with Crippen molar-refractivity contribution in [3.8, 4) is 5.75 Å². The van der Waals surface area contributed by atoms with Gasteiger partial charge in [0.05, 0.1) is 17.9 Å². The summed E-state index contributed by atoms with van der Waals surface area (Å²) in [6, 6.07) is 4.66. The molecule has 0 aliphatic carbocycles. The maximum Gasteiger partial charge on any atom is 0.357 e. The number of aromatic nitrogens is 2. The Hall–Kier alpha value is -3.03. The summed E-state index contributed by atoms with van der Waals surface area (Å²) in [7, 11) is 0. The molecular formula is C18H15F3N2O3. The maximum absolute atomic E-state index is 13.8. The van der Waals surface area contributed by atoms with Crippen molar-refractivity contribution >= 4 is 11.6 Å². The fraction of sp³-hybridized carbons (Fsp3) is 0.222. The van der Waals surface area contributed by atoms with Crippen LogP contribution in [-0.4, -0.2) is 22.0 Å². The molecule has 0 saturated carbocycles. The molecule has 0 radical (unpaired) electrons. The van der Waals surface area contributed by atoms with E-state index in [2.05, 4.69) is 4.98 Å². The third-order valence-electron chi connectivity index (χ3n) is 3.77. The lowest BCUT2D eigenvalue weighted by Gasteiger charge is -2.10. The number of halogens is 3. The third kappa shape index (κ3) is 3.10. The Balaban J connectivity index is 1.96. The Morgan fingerprint density at radius 2 is 1.92 bits per heavy atom. The van der Waals surface area contributed by atoms with Gasteiger partial charge in [0.15, 0.2) is 28.7 Å². The number of nitrogens with zero attached hydrogens (tertiary/aromatic N) is 2. The van der Waals surface area contributed by atoms with E-state index >= 15 is 0 Å². The van der Waals surface area contributed by atoms with Gasteiger partial charge >= 0.3 is 5.97 Å². The first-order valence-electron chi connectivity index (χ1n) is 7.84. The van der Waals surface area contributed by atoms with Crippen LogP contribution in [0.15, 0.2) is 30.5 Å². The number of ether oxygens (including phenoxy) is 2. The molecule has 0 spiro atoms. The molecule has 0 saturated heterocycles. The fourth-order valence-corrected chi connectivity index (χ4v) is 2.57. The molecule has 5 nitrogen and oxygen atoms in total. The summed E-state index contributed by atoms with van der Waals surface area (Å²) in [5.74, 6) is -3.73. The molecule has 2 aromatic heterocycles. The van der Waals surface area contributed by atoms with Gasteiger partial charge in [-0.1, -0.05) is 0 Å². The van der Waals surface area contributed by atoms with Gasteiger partial charge in [0.25, 0.3) is 0 Å². The topological polar surface area (TPSA) is 52.8 Å². The third-order valence-corrected chi connectivity index (χ3v) is 3.77. The second-order valence-corrected chi connectivity index (χ2v) is 5.44. The molecule has 8 heteroatoms. The van der Waals surface area contributed by atoms with Crippen LogP contribution in [0.3, 0.4) is 0 Å². The fourth-order valence-electron chi connectivity index (χ4n) is 2.57. The van der Waals surface area contributed by atoms with Gasteiger partial charge in [0.1, 0.15) is 12.4 Å². The van der Waals surface area contributed by atoms with Gasteiger partial charge in [-0.05, 0) is 38.1 Å². The SMILES string of the molecule is CCOC(=O)c1c(C)nc2c(OCc3c(F)ccc(F)c3F)cccn12. The number of benzene rings is 1. The second kappa shape index (κ2) is 7.07. The summed E-state index contributed by atoms with van der Waals surface area (Å²) < 4.78 is 52.7. The average molecular weight is 364 g/mol. The zero-order valence-electron chi connectivity index (χ0n) is 14.1. The highest BCUT2D eigenvalue weighted by atomic mass is 19.2. The molecule has 0 N–H and O–H groups in total. The second-order valence-electron chi connectivity index (χ2n) is 5.44. The summed E-state index contributed by atoms with van der Waals surface area (Å²) >= 11 is 0. The van der Waals surface area contributed by atoms with Gasteiger partial charge in [-0.25, -0.2) is 22.9 Å². The number of pyridine rings is 1. The molecule has 136 valence electrons. The van der Waals surface area contributed by atoms with Crippen molar-refractivity contribution in [1.82, 2.24) is 9.38 Å². The standard InChI is InChI=1S/C18H15F3N2O3/c1-3-25-18(24)16-10(2)22-17-14(5-4-8-23(16)17)26-9-11-12(19)6-7-13(20)15(11)21/h4-8H,3,9H2,1-2H3. The maximum atomic E-state index is 13.8. The highest BCUT2D eigenvalue weighted by molar-refractivity contribution is 5.90. The van der Waals surface area contributed by atoms with Crippen LogP contribution in [-0.2, 0) is 11.3 Å². The Morgan fingerprint density at radius 1 is 1.19 bits per heavy atom. The molecule has 0 amide bonds. The summed E-state index contributed by atoms with van der Waals surface area (Å²) in [6.07, 6.45) is 1.60. The van der Waals surface area contributed by atoms with E-state index in [1.54, 1.807) is 26.1 Å². The first-order chi connectivity index (χ1) is 12.4. The minimum Gasteiger partial charge on any atom is -0.485 e. The van der Waals surface area contributed by atoms with Crippen LogP contribution in [0.25, 0.3) is 5.65 Å². The van der Waals surface area contributed by atoms with Gasteiger partial charge < -0.3 is 9.47 Å². The predicted molar refractivity (Wildman–Crippen MR) is 86.5 cm³/mol. The zero-order chi connectivity index (χ0) is 18.8. The van der Waals surface area contributed by atoms with Crippen molar-refractivity contribution < 1.29 is 27.4 Å². The number of carbonyl (C=O) groups excluding carboxylic acids is 1. The lowest BCUT2D eigenvalue weighted by molar-refractivity contribution is 0.0517. The van der Waals surface area contributed by atoms with Crippen LogP contribution in [0.1, 0.15) is 28.7 Å². The van der Waals surface area contributed by atoms with Crippen LogP contribution >= 0.6 is 0 Å². The summed E-state index contributed by atoms with van der Waals surface area (Å²) in [5, 5.41) is 0. The lowest BCUT2D eigenvalue weighted by atomic mass is 10.2. The van der Waals surface area contributed by atoms with Crippen molar-refractivity contribution in [3.05, 3.63) is 64.9 Å². The van der Waals surface area contributed by atoms with E-state index in [1.165, 1.54) is 10.5 Å². The molecule has 0 atom stereocenters. The van der Waals surface area contributed by atoms with Crippen molar-refractivity contribution in [1.29, 1.82) is 0 Å². The van der Waals surface area contributed by atoms with E-state index in [-0.39, 0.29) is 23.7 Å². The Morgan fingerprint density at radius 3 is 2.65 bits per heavy atom. The number of rotatable bonds is 5. The normalized spacial score (nSPS) is 11.0. The quantitative estimate of drug-likeness (QED) is 0.510. The number of fused-ring (bicyclic) bond motifs is 1. The average Bonchev–Trinajstić information content (AvgIpc) is 2.95. The van der Waals surface area contributed by atoms with Gasteiger partial charge in [-0.3, -0.25) is 4.40 Å². The van der Waals surface area contributed by atoms with Crippen LogP contribution in [0.5, 0.6) is 5.75 Å². The zero-order valence-corrected chi connectivity index (χ0v) is 14.1. The molecule has 1 aromatic carbocycles. The minimum absolute atomic E-state index is 0.189. The van der Waals surface area contributed by atoms with Crippen LogP contribution in [0, 0.1) is 24.4 Å². The summed E-state index contributed by atoms with van der Waals surface area (Å²) in [5.41, 5.74) is 0.407. The summed E-state index contributed by atoms with van der Waals surface area (Å²) in [6.45, 7) is 3.00. The number of hydrogen-bond donors (Lipinski definition) is 0. The summed E-state index contributed by atoms with van der Waals surface area (Å²) in [4.78, 5) is 16.4. The number of hydrogen-bond acceptors (Lipinski definition) is 4. The Bertz CT molecular complexity index is 985.